The van der Waals surface area contributed by atoms with Gasteiger partial charge in [0, 0.05) is 30.7 Å². The third-order valence-corrected chi connectivity index (χ3v) is 5.14. The molecule has 1 N–H and O–H groups in total. The van der Waals surface area contributed by atoms with Crippen LogP contribution < -0.4 is 5.56 Å². The number of hydrogen-bond acceptors (Lipinski definition) is 3. The molecule has 1 saturated heterocycles. The van der Waals surface area contributed by atoms with Crippen LogP contribution in [0, 0.1) is 0 Å². The number of rotatable bonds is 4. The van der Waals surface area contributed by atoms with Crippen LogP contribution in [0.3, 0.4) is 0 Å². The van der Waals surface area contributed by atoms with Crippen molar-refractivity contribution in [1.82, 2.24) is 9.88 Å². The third-order valence-electron chi connectivity index (χ3n) is 4.85. The smallest absolute Gasteiger partial charge is 0.267 e. The van der Waals surface area contributed by atoms with Crippen molar-refractivity contribution in [3.05, 3.63) is 74.7 Å². The summed E-state index contributed by atoms with van der Waals surface area (Å²) in [6.07, 6.45) is 2.30. The van der Waals surface area contributed by atoms with Crippen LogP contribution in [0.25, 0.3) is 5.57 Å². The summed E-state index contributed by atoms with van der Waals surface area (Å²) in [5.74, 6) is -0.346. The fourth-order valence-electron chi connectivity index (χ4n) is 3.16. The minimum Gasteiger partial charge on any atom is -0.321 e. The molecule has 5 nitrogen and oxygen atoms in total. The Balaban J connectivity index is 2.02. The Morgan fingerprint density at radius 2 is 1.64 bits per heavy atom. The van der Waals surface area contributed by atoms with Crippen LogP contribution in [0.2, 0.25) is 5.02 Å². The highest BCUT2D eigenvalue weighted by Crippen LogP contribution is 2.27. The van der Waals surface area contributed by atoms with E-state index >= 15 is 0 Å². The summed E-state index contributed by atoms with van der Waals surface area (Å²) < 4.78 is 0. The maximum atomic E-state index is 12.0. The van der Waals surface area contributed by atoms with Gasteiger partial charge < -0.3 is 4.98 Å². The number of aromatic amines is 1. The number of carbonyl (C=O) groups excluding carboxylic acids is 2. The van der Waals surface area contributed by atoms with E-state index in [9.17, 15) is 14.4 Å². The lowest BCUT2D eigenvalue weighted by atomic mass is 9.86. The summed E-state index contributed by atoms with van der Waals surface area (Å²) in [5, 5.41) is 0.107. The van der Waals surface area contributed by atoms with Gasteiger partial charge in [-0.05, 0) is 28.7 Å². The molecular weight excluding hydrogens is 376 g/mol. The number of H-pyrrole nitrogens is 1. The molecule has 0 radical (unpaired) electrons. The number of halogens is 1. The molecule has 1 aliphatic heterocycles. The number of imide groups is 1. The summed E-state index contributed by atoms with van der Waals surface area (Å²) >= 11 is 5.86. The van der Waals surface area contributed by atoms with Crippen LogP contribution >= 0.6 is 11.6 Å². The number of amides is 2. The van der Waals surface area contributed by atoms with Gasteiger partial charge in [-0.25, -0.2) is 0 Å². The van der Waals surface area contributed by atoms with Crippen LogP contribution in [0.1, 0.15) is 50.4 Å². The highest BCUT2D eigenvalue weighted by Gasteiger charge is 2.28. The van der Waals surface area contributed by atoms with E-state index in [2.05, 4.69) is 25.8 Å². The Hall–Kier alpha value is -2.66. The van der Waals surface area contributed by atoms with E-state index in [-0.39, 0.29) is 47.2 Å². The molecule has 0 bridgehead atoms. The lowest BCUT2D eigenvalue weighted by Gasteiger charge is -2.20. The Morgan fingerprint density at radius 3 is 2.18 bits per heavy atom. The molecule has 1 aromatic heterocycles. The number of nitrogens with zero attached hydrogens (tertiary/aromatic N) is 1. The van der Waals surface area contributed by atoms with Crippen molar-refractivity contribution in [3.8, 4) is 0 Å². The van der Waals surface area contributed by atoms with Gasteiger partial charge in [0.1, 0.15) is 5.02 Å². The van der Waals surface area contributed by atoms with Gasteiger partial charge in [-0.2, -0.15) is 0 Å². The first-order chi connectivity index (χ1) is 13.2. The van der Waals surface area contributed by atoms with E-state index < -0.39 is 0 Å². The van der Waals surface area contributed by atoms with Crippen LogP contribution in [-0.2, 0) is 15.0 Å². The standard InChI is InChI=1S/C22H23ClN2O3/c1-22(2,3)15-6-4-14(5-7-15)16(18-9-8-17(23)21(28)24-18)12-13-25-19(26)10-11-20(25)27/h4-9,12H,10-11,13H2,1-3H3,(H,24,28). The summed E-state index contributed by atoms with van der Waals surface area (Å²) in [7, 11) is 0. The van der Waals surface area contributed by atoms with E-state index in [1.165, 1.54) is 10.5 Å². The lowest BCUT2D eigenvalue weighted by molar-refractivity contribution is -0.137. The highest BCUT2D eigenvalue weighted by molar-refractivity contribution is 6.30. The molecule has 6 heteroatoms. The molecule has 0 saturated carbocycles. The predicted octanol–water partition coefficient (Wildman–Crippen LogP) is 3.91. The average Bonchev–Trinajstić information content (AvgIpc) is 2.96. The summed E-state index contributed by atoms with van der Waals surface area (Å²) in [6.45, 7) is 6.58. The van der Waals surface area contributed by atoms with Gasteiger partial charge in [-0.15, -0.1) is 0 Å². The predicted molar refractivity (Wildman–Crippen MR) is 110 cm³/mol. The second-order valence-corrected chi connectivity index (χ2v) is 8.30. The quantitative estimate of drug-likeness (QED) is 0.794. The van der Waals surface area contributed by atoms with Gasteiger partial charge in [0.25, 0.3) is 5.56 Å². The van der Waals surface area contributed by atoms with E-state index in [1.807, 2.05) is 24.3 Å². The molecule has 1 fully saturated rings. The van der Waals surface area contributed by atoms with E-state index in [0.29, 0.717) is 5.69 Å². The SMILES string of the molecule is CC(C)(C)c1ccc(C(=CCN2C(=O)CCC2=O)c2ccc(Cl)c(=O)[nH]2)cc1. The molecule has 0 aliphatic carbocycles. The average molecular weight is 399 g/mol. The minimum atomic E-state index is -0.385. The van der Waals surface area contributed by atoms with Crippen molar-refractivity contribution in [2.45, 2.75) is 39.0 Å². The largest absolute Gasteiger partial charge is 0.321 e. The molecule has 2 amide bonds. The van der Waals surface area contributed by atoms with Gasteiger partial charge in [0.2, 0.25) is 11.8 Å². The number of carbonyl (C=O) groups is 2. The van der Waals surface area contributed by atoms with Crippen LogP contribution in [0.4, 0.5) is 0 Å². The second kappa shape index (κ2) is 7.76. The zero-order valence-electron chi connectivity index (χ0n) is 16.2. The first-order valence-electron chi connectivity index (χ1n) is 9.20. The van der Waals surface area contributed by atoms with Gasteiger partial charge >= 0.3 is 0 Å². The summed E-state index contributed by atoms with van der Waals surface area (Å²) in [5.41, 5.74) is 3.02. The normalized spacial score (nSPS) is 15.4. The topological polar surface area (TPSA) is 70.2 Å². The Bertz CT molecular complexity index is 982. The summed E-state index contributed by atoms with van der Waals surface area (Å²) in [6, 6.07) is 11.3. The molecular formula is C22H23ClN2O3. The molecule has 2 heterocycles. The number of aromatic nitrogens is 1. The highest BCUT2D eigenvalue weighted by atomic mass is 35.5. The Labute approximate surface area is 169 Å². The van der Waals surface area contributed by atoms with Crippen molar-refractivity contribution < 1.29 is 9.59 Å². The lowest BCUT2D eigenvalue weighted by Crippen LogP contribution is -2.29. The molecule has 2 aromatic rings. The monoisotopic (exact) mass is 398 g/mol. The van der Waals surface area contributed by atoms with Crippen molar-refractivity contribution in [2.24, 2.45) is 0 Å². The van der Waals surface area contributed by atoms with Crippen molar-refractivity contribution in [1.29, 1.82) is 0 Å². The van der Waals surface area contributed by atoms with E-state index in [1.54, 1.807) is 18.2 Å². The molecule has 0 spiro atoms. The van der Waals surface area contributed by atoms with Gasteiger partial charge in [-0.3, -0.25) is 19.3 Å². The minimum absolute atomic E-state index is 0.0192. The molecule has 1 aromatic carbocycles. The van der Waals surface area contributed by atoms with Crippen molar-refractivity contribution >= 4 is 29.0 Å². The van der Waals surface area contributed by atoms with Gasteiger partial charge in [-0.1, -0.05) is 62.7 Å². The first-order valence-corrected chi connectivity index (χ1v) is 9.58. The van der Waals surface area contributed by atoms with Crippen LogP contribution in [0.5, 0.6) is 0 Å². The number of pyridine rings is 1. The number of nitrogens with one attached hydrogen (secondary N) is 1. The molecule has 146 valence electrons. The van der Waals surface area contributed by atoms with Gasteiger partial charge in [0.15, 0.2) is 0 Å². The Kier molecular flexibility index (Phi) is 5.57. The fourth-order valence-corrected chi connectivity index (χ4v) is 3.27. The first kappa shape index (κ1) is 20.1. The fraction of sp³-hybridized carbons (Fsp3) is 0.318. The number of benzene rings is 1. The zero-order chi connectivity index (χ0) is 20.5. The molecule has 0 atom stereocenters. The molecule has 28 heavy (non-hydrogen) atoms. The molecule has 3 rings (SSSR count). The Morgan fingerprint density at radius 1 is 1.04 bits per heavy atom. The summed E-state index contributed by atoms with van der Waals surface area (Å²) in [4.78, 5) is 39.9. The van der Waals surface area contributed by atoms with Crippen LogP contribution in [-0.4, -0.2) is 28.2 Å². The number of likely N-dealkylation sites (tertiary alicyclic amines) is 1. The van der Waals surface area contributed by atoms with E-state index in [4.69, 9.17) is 11.6 Å². The van der Waals surface area contributed by atoms with Crippen molar-refractivity contribution in [2.75, 3.05) is 6.54 Å². The van der Waals surface area contributed by atoms with Gasteiger partial charge in [0.05, 0.1) is 0 Å². The maximum Gasteiger partial charge on any atom is 0.267 e. The zero-order valence-corrected chi connectivity index (χ0v) is 17.0. The van der Waals surface area contributed by atoms with Crippen molar-refractivity contribution in [3.63, 3.8) is 0 Å². The van der Waals surface area contributed by atoms with Crippen LogP contribution in [0.15, 0.2) is 47.3 Å². The van der Waals surface area contributed by atoms with E-state index in [0.717, 1.165) is 11.1 Å². The third kappa shape index (κ3) is 4.25. The molecule has 0 unspecified atom stereocenters. The number of hydrogen-bond donors (Lipinski definition) is 1. The molecule has 1 aliphatic rings. The maximum absolute atomic E-state index is 12.0. The second-order valence-electron chi connectivity index (χ2n) is 7.89.